The highest BCUT2D eigenvalue weighted by atomic mass is 19.1. The van der Waals surface area contributed by atoms with Crippen LogP contribution in [0.25, 0.3) is 10.9 Å². The van der Waals surface area contributed by atoms with Crippen molar-refractivity contribution in [1.82, 2.24) is 24.8 Å². The fraction of sp³-hybridized carbons (Fsp3) is 0.314. The second-order valence-corrected chi connectivity index (χ2v) is 12.3. The first-order valence-corrected chi connectivity index (χ1v) is 15.7. The molecule has 2 aromatic carbocycles. The number of halogens is 1. The minimum atomic E-state index is -0.518. The van der Waals surface area contributed by atoms with Gasteiger partial charge < -0.3 is 29.5 Å². The van der Waals surface area contributed by atoms with E-state index in [0.717, 1.165) is 17.0 Å². The van der Waals surface area contributed by atoms with Crippen molar-refractivity contribution < 1.29 is 18.7 Å². The average Bonchev–Trinajstić information content (AvgIpc) is 3.07. The first-order chi connectivity index (χ1) is 22.7. The molecule has 2 atom stereocenters. The molecule has 2 unspecified atom stereocenters. The predicted molar refractivity (Wildman–Crippen MR) is 180 cm³/mol. The number of likely N-dealkylation sites (N-methyl/N-ethyl adjacent to an activating group) is 1. The van der Waals surface area contributed by atoms with Crippen molar-refractivity contribution in [2.45, 2.75) is 19.9 Å². The molecule has 242 valence electrons. The predicted octanol–water partition coefficient (Wildman–Crippen LogP) is 5.04. The molecule has 12 heteroatoms. The molecule has 0 radical (unpaired) electrons. The molecule has 1 amide bonds. The third-order valence-electron chi connectivity index (χ3n) is 8.82. The van der Waals surface area contributed by atoms with Crippen molar-refractivity contribution in [3.05, 3.63) is 90.0 Å². The van der Waals surface area contributed by atoms with Gasteiger partial charge in [-0.1, -0.05) is 13.0 Å². The van der Waals surface area contributed by atoms with Crippen molar-refractivity contribution in [2.24, 2.45) is 11.0 Å². The van der Waals surface area contributed by atoms with Crippen LogP contribution < -0.4 is 19.7 Å². The van der Waals surface area contributed by atoms with E-state index in [9.17, 15) is 4.79 Å². The Balaban J connectivity index is 1.09. The number of fused-ring (bicyclic) bond motifs is 6. The molecule has 1 aromatic heterocycles. The van der Waals surface area contributed by atoms with E-state index in [2.05, 4.69) is 39.1 Å². The SMILES string of the molecule is CC1=C2C=C(Oc3ccc(Nc4ncnc5ccc6c(c45)OCC4CN(C(=O)/C=C/CN(C)C)CCN64)cc3F)C=CN2N=CC1C. The Morgan fingerprint density at radius 3 is 2.91 bits per heavy atom. The number of carbonyl (C=O) groups excluding carboxylic acids is 1. The number of hydrogen-bond acceptors (Lipinski definition) is 10. The van der Waals surface area contributed by atoms with E-state index in [1.165, 1.54) is 12.4 Å². The number of hydrazone groups is 1. The first kappa shape index (κ1) is 30.4. The zero-order valence-corrected chi connectivity index (χ0v) is 26.9. The number of nitrogens with one attached hydrogen (secondary N) is 1. The van der Waals surface area contributed by atoms with Crippen molar-refractivity contribution in [2.75, 3.05) is 57.1 Å². The van der Waals surface area contributed by atoms with E-state index in [1.807, 2.05) is 54.4 Å². The minimum Gasteiger partial charge on any atom is -0.488 e. The van der Waals surface area contributed by atoms with Gasteiger partial charge in [0.15, 0.2) is 17.3 Å². The number of ether oxygens (including phenoxy) is 2. The third-order valence-corrected chi connectivity index (χ3v) is 8.82. The summed E-state index contributed by atoms with van der Waals surface area (Å²) in [6.07, 6.45) is 12.3. The molecule has 11 nitrogen and oxygen atoms in total. The highest BCUT2D eigenvalue weighted by molar-refractivity contribution is 6.00. The Morgan fingerprint density at radius 2 is 2.09 bits per heavy atom. The van der Waals surface area contributed by atoms with E-state index in [0.29, 0.717) is 66.7 Å². The van der Waals surface area contributed by atoms with Crippen LogP contribution in [0.5, 0.6) is 11.5 Å². The standard InChI is InChI=1S/C35H37FN8O3/c1-22-18-39-44-13-11-26(17-30(44)23(22)2)47-31-10-7-24(16-27(31)36)40-35-33-28(37-21-38-35)8-9-29-34(33)46-20-25-19-42(14-15-43(25)29)32(45)6-5-12-41(3)4/h5-11,13,16-18,21-22,25H,12,14-15,19-20H2,1-4H3,(H,37,38,40)/b6-5+. The summed E-state index contributed by atoms with van der Waals surface area (Å²) in [4.78, 5) is 28.0. The number of carbonyl (C=O) groups is 1. The van der Waals surface area contributed by atoms with Crippen LogP contribution in [0.2, 0.25) is 0 Å². The van der Waals surface area contributed by atoms with E-state index in [1.54, 1.807) is 35.5 Å². The number of piperazine rings is 1. The molecular weight excluding hydrogens is 599 g/mol. The quantitative estimate of drug-likeness (QED) is 0.358. The normalized spacial score (nSPS) is 20.3. The van der Waals surface area contributed by atoms with Gasteiger partial charge in [-0.15, -0.1) is 0 Å². The Bertz CT molecular complexity index is 1880. The van der Waals surface area contributed by atoms with Gasteiger partial charge in [0.1, 0.15) is 24.5 Å². The number of amides is 1. The van der Waals surface area contributed by atoms with Gasteiger partial charge in [0.05, 0.1) is 28.3 Å². The molecule has 1 fully saturated rings. The number of anilines is 3. The summed E-state index contributed by atoms with van der Waals surface area (Å²) in [5, 5.41) is 10.2. The number of hydrogen-bond donors (Lipinski definition) is 1. The second kappa shape index (κ2) is 12.5. The van der Waals surface area contributed by atoms with Gasteiger partial charge in [-0.3, -0.25) is 4.79 Å². The molecule has 0 spiro atoms. The molecule has 0 saturated carbocycles. The molecule has 1 N–H and O–H groups in total. The number of aromatic nitrogens is 2. The lowest BCUT2D eigenvalue weighted by atomic mass is 9.99. The lowest BCUT2D eigenvalue weighted by Crippen LogP contribution is -2.58. The lowest BCUT2D eigenvalue weighted by Gasteiger charge is -2.45. The number of rotatable bonds is 7. The maximum absolute atomic E-state index is 15.4. The highest BCUT2D eigenvalue weighted by Gasteiger charge is 2.35. The molecule has 7 rings (SSSR count). The monoisotopic (exact) mass is 636 g/mol. The van der Waals surface area contributed by atoms with Crippen LogP contribution in [-0.4, -0.2) is 89.8 Å². The van der Waals surface area contributed by atoms with Gasteiger partial charge in [-0.2, -0.15) is 5.10 Å². The van der Waals surface area contributed by atoms with E-state index in [4.69, 9.17) is 9.47 Å². The maximum atomic E-state index is 15.4. The topological polar surface area (TPSA) is 98.7 Å². The van der Waals surface area contributed by atoms with Crippen LogP contribution in [0.1, 0.15) is 13.8 Å². The van der Waals surface area contributed by atoms with E-state index >= 15 is 4.39 Å². The van der Waals surface area contributed by atoms with E-state index < -0.39 is 5.82 Å². The summed E-state index contributed by atoms with van der Waals surface area (Å²) in [7, 11) is 3.94. The van der Waals surface area contributed by atoms with Crippen molar-refractivity contribution in [3.63, 3.8) is 0 Å². The lowest BCUT2D eigenvalue weighted by molar-refractivity contribution is -0.127. The molecule has 3 aromatic rings. The summed E-state index contributed by atoms with van der Waals surface area (Å²) < 4.78 is 27.7. The summed E-state index contributed by atoms with van der Waals surface area (Å²) in [6.45, 7) is 7.12. The fourth-order valence-corrected chi connectivity index (χ4v) is 6.12. The number of allylic oxidation sites excluding steroid dienone is 3. The zero-order valence-electron chi connectivity index (χ0n) is 26.9. The fourth-order valence-electron chi connectivity index (χ4n) is 6.12. The molecule has 47 heavy (non-hydrogen) atoms. The summed E-state index contributed by atoms with van der Waals surface area (Å²) in [5.41, 5.74) is 4.21. The molecular formula is C35H37FN8O3. The van der Waals surface area contributed by atoms with Crippen LogP contribution >= 0.6 is 0 Å². The van der Waals surface area contributed by atoms with Crippen molar-refractivity contribution in [1.29, 1.82) is 0 Å². The van der Waals surface area contributed by atoms with Crippen LogP contribution in [0.15, 0.2) is 89.3 Å². The van der Waals surface area contributed by atoms with Crippen molar-refractivity contribution >= 4 is 40.2 Å². The van der Waals surface area contributed by atoms with E-state index in [-0.39, 0.29) is 23.6 Å². The summed E-state index contributed by atoms with van der Waals surface area (Å²) in [5.74, 6) is 1.51. The zero-order chi connectivity index (χ0) is 32.7. The van der Waals surface area contributed by atoms with Gasteiger partial charge in [0.2, 0.25) is 5.91 Å². The summed E-state index contributed by atoms with van der Waals surface area (Å²) >= 11 is 0. The van der Waals surface area contributed by atoms with Gasteiger partial charge in [-0.05, 0) is 56.9 Å². The molecule has 0 aliphatic carbocycles. The average molecular weight is 637 g/mol. The molecule has 4 aliphatic heterocycles. The maximum Gasteiger partial charge on any atom is 0.246 e. The third kappa shape index (κ3) is 6.03. The van der Waals surface area contributed by atoms with Crippen LogP contribution in [0, 0.1) is 11.7 Å². The minimum absolute atomic E-state index is 0.0130. The van der Waals surface area contributed by atoms with Gasteiger partial charge in [0.25, 0.3) is 0 Å². The largest absolute Gasteiger partial charge is 0.488 e. The van der Waals surface area contributed by atoms with Gasteiger partial charge in [-0.25, -0.2) is 19.4 Å². The first-order valence-electron chi connectivity index (χ1n) is 15.7. The van der Waals surface area contributed by atoms with Gasteiger partial charge in [0, 0.05) is 68.4 Å². The Kier molecular flexibility index (Phi) is 8.10. The van der Waals surface area contributed by atoms with Crippen LogP contribution in [0.4, 0.5) is 21.6 Å². The van der Waals surface area contributed by atoms with Crippen LogP contribution in [-0.2, 0) is 4.79 Å². The molecule has 4 aliphatic rings. The van der Waals surface area contributed by atoms with Crippen LogP contribution in [0.3, 0.4) is 0 Å². The van der Waals surface area contributed by atoms with Gasteiger partial charge >= 0.3 is 0 Å². The number of nitrogens with zero attached hydrogens (tertiary/aromatic N) is 7. The summed E-state index contributed by atoms with van der Waals surface area (Å²) in [6, 6.07) is 8.70. The number of benzene rings is 2. The smallest absolute Gasteiger partial charge is 0.246 e. The Labute approximate surface area is 273 Å². The molecule has 1 saturated heterocycles. The highest BCUT2D eigenvalue weighted by Crippen LogP contribution is 2.43. The Morgan fingerprint density at radius 1 is 1.21 bits per heavy atom. The molecule has 5 heterocycles. The Hall–Kier alpha value is -5.23. The van der Waals surface area contributed by atoms with Crippen molar-refractivity contribution in [3.8, 4) is 11.5 Å². The second-order valence-electron chi connectivity index (χ2n) is 12.3. The molecule has 0 bridgehead atoms.